The predicted octanol–water partition coefficient (Wildman–Crippen LogP) is 12.9. The number of hydrogen-bond donors (Lipinski definition) is 0. The van der Waals surface area contributed by atoms with E-state index in [-0.39, 0.29) is 0 Å². The van der Waals surface area contributed by atoms with Crippen molar-refractivity contribution < 1.29 is 4.42 Å². The first kappa shape index (κ1) is 30.6. The molecule has 0 atom stereocenters. The fraction of sp³-hybridized carbons (Fsp3) is 0. The molecule has 0 fully saturated rings. The Hall–Kier alpha value is -7.17. The molecule has 0 radical (unpaired) electrons. The van der Waals surface area contributed by atoms with Gasteiger partial charge in [0.15, 0.2) is 17.5 Å². The molecule has 0 aliphatic rings. The van der Waals surface area contributed by atoms with Crippen molar-refractivity contribution in [2.45, 2.75) is 0 Å². The third kappa shape index (κ3) is 5.63. The normalized spacial score (nSPS) is 11.4. The first-order valence-corrected chi connectivity index (χ1v) is 17.8. The summed E-state index contributed by atoms with van der Waals surface area (Å²) < 4.78 is 6.63. The molecule has 10 aromatic rings. The molecule has 0 aliphatic heterocycles. The van der Waals surface area contributed by atoms with Gasteiger partial charge < -0.3 is 4.42 Å². The van der Waals surface area contributed by atoms with Crippen LogP contribution in [0.4, 0.5) is 0 Å². The Labute approximate surface area is 306 Å². The molecule has 4 heteroatoms. The molecule has 0 aliphatic carbocycles. The zero-order valence-corrected chi connectivity index (χ0v) is 28.6. The molecule has 0 saturated carbocycles. The van der Waals surface area contributed by atoms with E-state index in [4.69, 9.17) is 19.4 Å². The zero-order chi connectivity index (χ0) is 35.1. The number of nitrogens with zero attached hydrogens (tertiary/aromatic N) is 3. The molecular weight excluding hydrogens is 647 g/mol. The van der Waals surface area contributed by atoms with Crippen molar-refractivity contribution in [1.82, 2.24) is 15.0 Å². The van der Waals surface area contributed by atoms with Crippen LogP contribution in [0.5, 0.6) is 0 Å². The summed E-state index contributed by atoms with van der Waals surface area (Å²) in [6.07, 6.45) is 0. The number of para-hydroxylation sites is 1. The molecule has 4 nitrogen and oxygen atoms in total. The van der Waals surface area contributed by atoms with E-state index in [1.807, 2.05) is 36.4 Å². The van der Waals surface area contributed by atoms with E-state index in [0.717, 1.165) is 72.0 Å². The smallest absolute Gasteiger partial charge is 0.164 e. The molecule has 0 spiro atoms. The van der Waals surface area contributed by atoms with Crippen molar-refractivity contribution in [3.8, 4) is 67.5 Å². The van der Waals surface area contributed by atoms with Crippen molar-refractivity contribution in [3.05, 3.63) is 188 Å². The maximum Gasteiger partial charge on any atom is 0.164 e. The van der Waals surface area contributed by atoms with Crippen LogP contribution in [-0.2, 0) is 0 Å². The molecule has 10 rings (SSSR count). The summed E-state index contributed by atoms with van der Waals surface area (Å²) in [6.45, 7) is 0. The summed E-state index contributed by atoms with van der Waals surface area (Å²) >= 11 is 0. The van der Waals surface area contributed by atoms with Gasteiger partial charge in [0.05, 0.1) is 0 Å². The van der Waals surface area contributed by atoms with Gasteiger partial charge >= 0.3 is 0 Å². The van der Waals surface area contributed by atoms with Gasteiger partial charge in [0.25, 0.3) is 0 Å². The molecule has 8 aromatic carbocycles. The Morgan fingerprint density at radius 1 is 0.321 bits per heavy atom. The highest BCUT2D eigenvalue weighted by molar-refractivity contribution is 6.15. The average molecular weight is 678 g/mol. The number of benzene rings is 8. The van der Waals surface area contributed by atoms with Crippen LogP contribution < -0.4 is 0 Å². The van der Waals surface area contributed by atoms with Gasteiger partial charge in [-0.1, -0.05) is 164 Å². The predicted molar refractivity (Wildman–Crippen MR) is 217 cm³/mol. The molecule has 0 amide bonds. The fourth-order valence-electron chi connectivity index (χ4n) is 7.32. The summed E-state index contributed by atoms with van der Waals surface area (Å²) in [4.78, 5) is 15.2. The second-order valence-electron chi connectivity index (χ2n) is 13.2. The first-order chi connectivity index (χ1) is 26.2. The second kappa shape index (κ2) is 12.9. The molecule has 0 unspecified atom stereocenters. The molecule has 0 bridgehead atoms. The van der Waals surface area contributed by atoms with E-state index in [1.165, 1.54) is 10.8 Å². The monoisotopic (exact) mass is 677 g/mol. The van der Waals surface area contributed by atoms with Gasteiger partial charge in [-0.3, -0.25) is 0 Å². The minimum atomic E-state index is 0.606. The van der Waals surface area contributed by atoms with Crippen LogP contribution in [0.25, 0.3) is 100 Å². The van der Waals surface area contributed by atoms with Crippen molar-refractivity contribution in [1.29, 1.82) is 0 Å². The van der Waals surface area contributed by atoms with E-state index in [1.54, 1.807) is 0 Å². The van der Waals surface area contributed by atoms with E-state index in [2.05, 4.69) is 152 Å². The van der Waals surface area contributed by atoms with Gasteiger partial charge in [0, 0.05) is 33.0 Å². The maximum atomic E-state index is 6.63. The molecule has 53 heavy (non-hydrogen) atoms. The van der Waals surface area contributed by atoms with Crippen molar-refractivity contribution in [3.63, 3.8) is 0 Å². The summed E-state index contributed by atoms with van der Waals surface area (Å²) in [5.74, 6) is 1.85. The quantitative estimate of drug-likeness (QED) is 0.176. The highest BCUT2D eigenvalue weighted by atomic mass is 16.3. The number of aromatic nitrogens is 3. The van der Waals surface area contributed by atoms with Gasteiger partial charge in [-0.25, -0.2) is 15.0 Å². The van der Waals surface area contributed by atoms with Crippen LogP contribution in [0.1, 0.15) is 0 Å². The third-order valence-corrected chi connectivity index (χ3v) is 9.91. The van der Waals surface area contributed by atoms with Crippen molar-refractivity contribution in [2.24, 2.45) is 0 Å². The third-order valence-electron chi connectivity index (χ3n) is 9.91. The fourth-order valence-corrected chi connectivity index (χ4v) is 7.32. The highest BCUT2D eigenvalue weighted by Gasteiger charge is 2.18. The Balaban J connectivity index is 1.10. The van der Waals surface area contributed by atoms with Crippen LogP contribution in [0, 0.1) is 0 Å². The zero-order valence-electron chi connectivity index (χ0n) is 28.6. The number of hydrogen-bond acceptors (Lipinski definition) is 4. The summed E-state index contributed by atoms with van der Waals surface area (Å²) in [7, 11) is 0. The van der Waals surface area contributed by atoms with E-state index in [0.29, 0.717) is 17.5 Å². The number of furan rings is 1. The van der Waals surface area contributed by atoms with Crippen LogP contribution in [0.15, 0.2) is 192 Å². The van der Waals surface area contributed by atoms with Gasteiger partial charge in [0.2, 0.25) is 0 Å². The minimum absolute atomic E-state index is 0.606. The van der Waals surface area contributed by atoms with Gasteiger partial charge in [-0.2, -0.15) is 0 Å². The SMILES string of the molecule is c1ccc(-c2nc(-c3cccc(-c4ccc5ccccc5c4)c3)nc(-c3cccc(-c4cccc5c4oc4cccc(-c6ccccc6)c45)c3)n2)cc1. The largest absolute Gasteiger partial charge is 0.455 e. The lowest BCUT2D eigenvalue weighted by Gasteiger charge is -2.11. The average Bonchev–Trinajstić information content (AvgIpc) is 3.63. The molecular formula is C49H31N3O. The Bertz CT molecular complexity index is 2950. The summed E-state index contributed by atoms with van der Waals surface area (Å²) in [5, 5.41) is 4.63. The summed E-state index contributed by atoms with van der Waals surface area (Å²) in [5.41, 5.74) is 11.1. The van der Waals surface area contributed by atoms with Gasteiger partial charge in [-0.15, -0.1) is 0 Å². The van der Waals surface area contributed by atoms with Crippen LogP contribution >= 0.6 is 0 Å². The maximum absolute atomic E-state index is 6.63. The standard InChI is InChI=1S/C49H31N3O/c1-3-14-33(15-4-1)41-23-12-26-44-45(41)43-25-11-24-42(46(43)53-44)38-20-10-22-40(31-38)49-51-47(34-16-5-2-6-17-34)50-48(52-49)39-21-9-19-36(30-39)37-28-27-32-13-7-8-18-35(32)29-37/h1-31H. The van der Waals surface area contributed by atoms with Crippen LogP contribution in [0.3, 0.4) is 0 Å². The second-order valence-corrected chi connectivity index (χ2v) is 13.2. The Morgan fingerprint density at radius 3 is 1.60 bits per heavy atom. The minimum Gasteiger partial charge on any atom is -0.455 e. The lowest BCUT2D eigenvalue weighted by molar-refractivity contribution is 0.670. The van der Waals surface area contributed by atoms with E-state index in [9.17, 15) is 0 Å². The lowest BCUT2D eigenvalue weighted by atomic mass is 9.97. The lowest BCUT2D eigenvalue weighted by Crippen LogP contribution is -2.00. The van der Waals surface area contributed by atoms with Crippen LogP contribution in [-0.4, -0.2) is 15.0 Å². The molecule has 248 valence electrons. The topological polar surface area (TPSA) is 51.8 Å². The van der Waals surface area contributed by atoms with E-state index >= 15 is 0 Å². The Kier molecular flexibility index (Phi) is 7.43. The van der Waals surface area contributed by atoms with Crippen LogP contribution in [0.2, 0.25) is 0 Å². The molecule has 2 aromatic heterocycles. The first-order valence-electron chi connectivity index (χ1n) is 17.8. The Morgan fingerprint density at radius 2 is 0.849 bits per heavy atom. The summed E-state index contributed by atoms with van der Waals surface area (Å²) in [6, 6.07) is 65.1. The van der Waals surface area contributed by atoms with Crippen molar-refractivity contribution >= 4 is 32.7 Å². The molecule has 2 heterocycles. The number of fused-ring (bicyclic) bond motifs is 4. The highest BCUT2D eigenvalue weighted by Crippen LogP contribution is 2.41. The van der Waals surface area contributed by atoms with Gasteiger partial charge in [0.1, 0.15) is 11.2 Å². The molecule has 0 saturated heterocycles. The molecule has 0 N–H and O–H groups in total. The number of rotatable bonds is 6. The van der Waals surface area contributed by atoms with Crippen molar-refractivity contribution in [2.75, 3.05) is 0 Å². The van der Waals surface area contributed by atoms with Gasteiger partial charge in [-0.05, 0) is 62.9 Å². The van der Waals surface area contributed by atoms with E-state index < -0.39 is 0 Å².